The molecule has 6 nitrogen and oxygen atoms in total. The third kappa shape index (κ3) is 4.99. The zero-order valence-corrected chi connectivity index (χ0v) is 21.5. The van der Waals surface area contributed by atoms with Crippen LogP contribution in [0, 0.1) is 5.82 Å². The summed E-state index contributed by atoms with van der Waals surface area (Å²) >= 11 is 0. The van der Waals surface area contributed by atoms with Gasteiger partial charge in [-0.1, -0.05) is 31.0 Å². The van der Waals surface area contributed by atoms with Crippen LogP contribution in [-0.4, -0.2) is 47.0 Å². The average Bonchev–Trinajstić information content (AvgIpc) is 3.42. The minimum absolute atomic E-state index is 0.132. The van der Waals surface area contributed by atoms with Crippen LogP contribution < -0.4 is 15.0 Å². The molecule has 1 N–H and O–H groups in total. The van der Waals surface area contributed by atoms with Gasteiger partial charge in [0.05, 0.1) is 6.10 Å². The summed E-state index contributed by atoms with van der Waals surface area (Å²) in [5.41, 5.74) is 1.19. The van der Waals surface area contributed by atoms with Crippen LogP contribution in [0.4, 0.5) is 14.9 Å². The zero-order chi connectivity index (χ0) is 25.3. The van der Waals surface area contributed by atoms with Crippen LogP contribution in [0.25, 0.3) is 0 Å². The maximum atomic E-state index is 14.2. The molecule has 1 aliphatic carbocycles. The van der Waals surface area contributed by atoms with Gasteiger partial charge in [-0.25, -0.2) is 9.18 Å². The van der Waals surface area contributed by atoms with Crippen LogP contribution in [0.15, 0.2) is 53.5 Å². The van der Waals surface area contributed by atoms with Gasteiger partial charge < -0.3 is 10.1 Å². The molecule has 7 heteroatoms. The summed E-state index contributed by atoms with van der Waals surface area (Å²) in [6.07, 6.45) is 6.19. The Balaban J connectivity index is 1.40. The first-order chi connectivity index (χ1) is 17.3. The van der Waals surface area contributed by atoms with Crippen molar-refractivity contribution in [3.63, 3.8) is 0 Å². The molecule has 36 heavy (non-hydrogen) atoms. The van der Waals surface area contributed by atoms with E-state index >= 15 is 0 Å². The molecule has 192 valence electrons. The SMILES string of the molecule is CC(C)Oc1cccc(CN2CC[C@@]3(C[C@@H]2C)C(NC2CCCC2)=NC(=O)N3c2cccc(F)c2)c1. The lowest BCUT2D eigenvalue weighted by Crippen LogP contribution is -2.63. The Morgan fingerprint density at radius 2 is 1.94 bits per heavy atom. The van der Waals surface area contributed by atoms with Crippen LogP contribution in [0.5, 0.6) is 5.75 Å². The van der Waals surface area contributed by atoms with Crippen molar-refractivity contribution < 1.29 is 13.9 Å². The standard InChI is InChI=1S/C29H37FN4O2/c1-20(2)36-26-13-6-8-22(16-26)19-33-15-14-29(18-21(33)3)27(31-24-10-4-5-11-24)32-28(35)34(29)25-12-7-9-23(30)17-25/h6-9,12-13,16-17,20-21,24H,4-5,10-11,14-15,18-19H2,1-3H3,(H,31,32,35)/t21-,29+/m0/s1. The number of nitrogens with one attached hydrogen (secondary N) is 1. The first kappa shape index (κ1) is 24.8. The number of nitrogens with zero attached hydrogens (tertiary/aromatic N) is 3. The van der Waals surface area contributed by atoms with Gasteiger partial charge in [-0.3, -0.25) is 9.80 Å². The van der Waals surface area contributed by atoms with Crippen molar-refractivity contribution in [3.8, 4) is 5.75 Å². The lowest BCUT2D eigenvalue weighted by atomic mass is 9.80. The molecule has 2 aliphatic heterocycles. The molecule has 2 heterocycles. The van der Waals surface area contributed by atoms with Crippen molar-refractivity contribution in [2.45, 2.75) is 89.6 Å². The number of hydrogen-bond donors (Lipinski definition) is 1. The lowest BCUT2D eigenvalue weighted by Gasteiger charge is -2.48. The van der Waals surface area contributed by atoms with Gasteiger partial charge in [-0.05, 0) is 82.3 Å². The smallest absolute Gasteiger partial charge is 0.350 e. The fourth-order valence-corrected chi connectivity index (χ4v) is 6.09. The van der Waals surface area contributed by atoms with Gasteiger partial charge >= 0.3 is 6.03 Å². The quantitative estimate of drug-likeness (QED) is 0.545. The highest BCUT2D eigenvalue weighted by Gasteiger charge is 2.54. The van der Waals surface area contributed by atoms with Crippen molar-refractivity contribution >= 4 is 17.6 Å². The second-order valence-corrected chi connectivity index (χ2v) is 10.8. The molecule has 3 aliphatic rings. The molecule has 2 amide bonds. The largest absolute Gasteiger partial charge is 0.491 e. The molecule has 0 unspecified atom stereocenters. The van der Waals surface area contributed by atoms with Crippen LogP contribution >= 0.6 is 0 Å². The Morgan fingerprint density at radius 1 is 1.17 bits per heavy atom. The van der Waals surface area contributed by atoms with Crippen molar-refractivity contribution in [2.75, 3.05) is 11.4 Å². The van der Waals surface area contributed by atoms with Crippen molar-refractivity contribution in [3.05, 3.63) is 59.9 Å². The van der Waals surface area contributed by atoms with E-state index in [-0.39, 0.29) is 24.0 Å². The fourth-order valence-electron chi connectivity index (χ4n) is 6.09. The topological polar surface area (TPSA) is 57.2 Å². The van der Waals surface area contributed by atoms with Crippen LogP contribution in [-0.2, 0) is 6.54 Å². The maximum Gasteiger partial charge on any atom is 0.350 e. The van der Waals surface area contributed by atoms with Crippen LogP contribution in [0.3, 0.4) is 0 Å². The lowest BCUT2D eigenvalue weighted by molar-refractivity contribution is 0.122. The Bertz CT molecular complexity index is 1130. The number of amides is 2. The number of hydrogen-bond acceptors (Lipinski definition) is 4. The molecular formula is C29H37FN4O2. The van der Waals surface area contributed by atoms with Crippen molar-refractivity contribution in [2.24, 2.45) is 4.99 Å². The van der Waals surface area contributed by atoms with E-state index < -0.39 is 5.54 Å². The Kier molecular flexibility index (Phi) is 7.02. The minimum Gasteiger partial charge on any atom is -0.491 e. The summed E-state index contributed by atoms with van der Waals surface area (Å²) in [7, 11) is 0. The number of anilines is 1. The highest BCUT2D eigenvalue weighted by molar-refractivity contribution is 6.16. The number of piperidine rings is 1. The van der Waals surface area contributed by atoms with Gasteiger partial charge in [-0.15, -0.1) is 0 Å². The van der Waals surface area contributed by atoms with Crippen molar-refractivity contribution in [1.29, 1.82) is 0 Å². The van der Waals surface area contributed by atoms with E-state index in [0.717, 1.165) is 50.4 Å². The van der Waals surface area contributed by atoms with E-state index in [4.69, 9.17) is 4.74 Å². The normalized spacial score (nSPS) is 25.1. The van der Waals surface area contributed by atoms with E-state index in [0.29, 0.717) is 11.7 Å². The molecule has 2 atom stereocenters. The Labute approximate surface area is 213 Å². The number of likely N-dealkylation sites (tertiary alicyclic amines) is 1. The summed E-state index contributed by atoms with van der Waals surface area (Å²) in [5.74, 6) is 1.31. The predicted molar refractivity (Wildman–Crippen MR) is 141 cm³/mol. The number of ether oxygens (including phenoxy) is 1. The summed E-state index contributed by atoms with van der Waals surface area (Å²) in [5, 5.41) is 3.65. The number of rotatable bonds is 6. The minimum atomic E-state index is -0.591. The van der Waals surface area contributed by atoms with Gasteiger partial charge in [0, 0.05) is 30.9 Å². The van der Waals surface area contributed by atoms with Crippen LogP contribution in [0.2, 0.25) is 0 Å². The Hall–Kier alpha value is -2.93. The second-order valence-electron chi connectivity index (χ2n) is 10.8. The third-order valence-electron chi connectivity index (χ3n) is 7.75. The molecule has 2 fully saturated rings. The molecule has 0 radical (unpaired) electrons. The van der Waals surface area contributed by atoms with E-state index in [1.165, 1.54) is 30.5 Å². The molecule has 2 aromatic carbocycles. The number of urea groups is 1. The number of carbonyl (C=O) groups excluding carboxylic acids is 1. The summed E-state index contributed by atoms with van der Waals surface area (Å²) in [6, 6.07) is 14.9. The Morgan fingerprint density at radius 3 is 2.67 bits per heavy atom. The number of aliphatic imine (C=N–C) groups is 1. The molecule has 5 rings (SSSR count). The molecule has 1 saturated heterocycles. The van der Waals surface area contributed by atoms with E-state index in [2.05, 4.69) is 34.3 Å². The molecular weight excluding hydrogens is 455 g/mol. The molecule has 0 aromatic heterocycles. The van der Waals surface area contributed by atoms with Gasteiger partial charge in [0.15, 0.2) is 0 Å². The van der Waals surface area contributed by atoms with Crippen LogP contribution in [0.1, 0.15) is 64.9 Å². The molecule has 2 aromatic rings. The highest BCUT2D eigenvalue weighted by Crippen LogP contribution is 2.41. The first-order valence-corrected chi connectivity index (χ1v) is 13.3. The number of carbonyl (C=O) groups is 1. The summed E-state index contributed by atoms with van der Waals surface area (Å²) in [6.45, 7) is 7.90. The van der Waals surface area contributed by atoms with Crippen molar-refractivity contribution in [1.82, 2.24) is 10.2 Å². The molecule has 1 spiro atoms. The van der Waals surface area contributed by atoms with Gasteiger partial charge in [0.25, 0.3) is 0 Å². The first-order valence-electron chi connectivity index (χ1n) is 13.3. The molecule has 0 bridgehead atoms. The molecule has 1 saturated carbocycles. The van der Waals surface area contributed by atoms with E-state index in [9.17, 15) is 9.18 Å². The number of amidine groups is 1. The van der Waals surface area contributed by atoms with Gasteiger partial charge in [-0.2, -0.15) is 4.99 Å². The maximum absolute atomic E-state index is 14.2. The highest BCUT2D eigenvalue weighted by atomic mass is 19.1. The zero-order valence-electron chi connectivity index (χ0n) is 21.5. The second kappa shape index (κ2) is 10.2. The summed E-state index contributed by atoms with van der Waals surface area (Å²) < 4.78 is 20.1. The predicted octanol–water partition coefficient (Wildman–Crippen LogP) is 5.91. The van der Waals surface area contributed by atoms with Gasteiger partial charge in [0.2, 0.25) is 0 Å². The van der Waals surface area contributed by atoms with E-state index in [1.54, 1.807) is 11.0 Å². The number of halogens is 1. The summed E-state index contributed by atoms with van der Waals surface area (Å²) in [4.78, 5) is 22.0. The average molecular weight is 493 g/mol. The fraction of sp³-hybridized carbons (Fsp3) is 0.517. The van der Waals surface area contributed by atoms with Gasteiger partial charge in [0.1, 0.15) is 22.9 Å². The number of benzene rings is 2. The monoisotopic (exact) mass is 492 g/mol. The van der Waals surface area contributed by atoms with E-state index in [1.807, 2.05) is 32.0 Å². The third-order valence-corrected chi connectivity index (χ3v) is 7.75.